The first-order valence-electron chi connectivity index (χ1n) is 8.15. The van der Waals surface area contributed by atoms with Crippen molar-refractivity contribution in [3.8, 4) is 16.9 Å². The fourth-order valence-corrected chi connectivity index (χ4v) is 2.65. The minimum absolute atomic E-state index is 0.320. The Hall–Kier alpha value is -2.79. The Balaban J connectivity index is 1.96. The molecule has 3 aromatic carbocycles. The molecule has 0 aromatic heterocycles. The van der Waals surface area contributed by atoms with E-state index in [0.717, 1.165) is 23.3 Å². The Morgan fingerprint density at radius 1 is 0.808 bits per heavy atom. The number of rotatable bonds is 5. The van der Waals surface area contributed by atoms with Gasteiger partial charge in [0.15, 0.2) is 0 Å². The van der Waals surface area contributed by atoms with Crippen LogP contribution >= 0.6 is 0 Å². The third kappa shape index (κ3) is 4.24. The first-order chi connectivity index (χ1) is 12.5. The molecule has 3 aromatic rings. The minimum atomic E-state index is -4.39. The number of alkyl halides is 3. The van der Waals surface area contributed by atoms with Gasteiger partial charge in [0.05, 0.1) is 5.56 Å². The zero-order chi connectivity index (χ0) is 18.6. The van der Waals surface area contributed by atoms with Crippen LogP contribution in [0.25, 0.3) is 11.1 Å². The Bertz CT molecular complexity index is 876. The van der Waals surface area contributed by atoms with Crippen molar-refractivity contribution in [2.75, 3.05) is 0 Å². The molecule has 0 aliphatic heterocycles. The van der Waals surface area contributed by atoms with E-state index < -0.39 is 11.7 Å². The van der Waals surface area contributed by atoms with Crippen molar-refractivity contribution in [1.82, 2.24) is 0 Å². The summed E-state index contributed by atoms with van der Waals surface area (Å²) >= 11 is 0. The molecule has 2 nitrogen and oxygen atoms in total. The topological polar surface area (TPSA) is 35.2 Å². The number of hydrogen-bond acceptors (Lipinski definition) is 2. The van der Waals surface area contributed by atoms with Gasteiger partial charge >= 0.3 is 6.18 Å². The van der Waals surface area contributed by atoms with E-state index in [2.05, 4.69) is 0 Å². The highest BCUT2D eigenvalue weighted by atomic mass is 19.4. The normalized spacial score (nSPS) is 11.4. The van der Waals surface area contributed by atoms with Crippen molar-refractivity contribution in [3.05, 3.63) is 89.5 Å². The van der Waals surface area contributed by atoms with E-state index in [1.165, 1.54) is 6.07 Å². The number of ether oxygens (including phenoxy) is 1. The van der Waals surface area contributed by atoms with Crippen LogP contribution in [0.1, 0.15) is 16.7 Å². The van der Waals surface area contributed by atoms with Gasteiger partial charge in [-0.15, -0.1) is 0 Å². The summed E-state index contributed by atoms with van der Waals surface area (Å²) in [5.74, 6) is 0.510. The van der Waals surface area contributed by atoms with E-state index in [9.17, 15) is 13.2 Å². The summed E-state index contributed by atoms with van der Waals surface area (Å²) in [5.41, 5.74) is 7.88. The van der Waals surface area contributed by atoms with E-state index in [-0.39, 0.29) is 0 Å². The van der Waals surface area contributed by atoms with Crippen molar-refractivity contribution in [3.63, 3.8) is 0 Å². The number of benzene rings is 3. The molecule has 3 rings (SSSR count). The largest absolute Gasteiger partial charge is 0.488 e. The van der Waals surface area contributed by atoms with Crippen LogP contribution in [0.2, 0.25) is 0 Å². The van der Waals surface area contributed by atoms with Gasteiger partial charge in [-0.05, 0) is 34.9 Å². The van der Waals surface area contributed by atoms with Gasteiger partial charge in [-0.1, -0.05) is 54.6 Å². The van der Waals surface area contributed by atoms with Gasteiger partial charge in [-0.3, -0.25) is 0 Å². The summed E-state index contributed by atoms with van der Waals surface area (Å²) in [5, 5.41) is 0. The van der Waals surface area contributed by atoms with Crippen LogP contribution < -0.4 is 10.5 Å². The molecule has 5 heteroatoms. The molecule has 0 heterocycles. The fourth-order valence-electron chi connectivity index (χ4n) is 2.65. The molecule has 26 heavy (non-hydrogen) atoms. The standard InChI is InChI=1S/C21H18F3NO/c22-21(23,24)18-8-4-7-17(12-18)19-10-9-16(13-25)11-20(19)26-14-15-5-2-1-3-6-15/h1-12H,13-14,25H2. The predicted molar refractivity (Wildman–Crippen MR) is 95.5 cm³/mol. The third-order valence-corrected chi connectivity index (χ3v) is 4.02. The molecular weight excluding hydrogens is 339 g/mol. The zero-order valence-electron chi connectivity index (χ0n) is 14.0. The molecule has 0 aliphatic rings. The number of nitrogens with two attached hydrogens (primary N) is 1. The molecule has 0 radical (unpaired) electrons. The van der Waals surface area contributed by atoms with Crippen molar-refractivity contribution in [1.29, 1.82) is 0 Å². The Morgan fingerprint density at radius 2 is 1.58 bits per heavy atom. The average molecular weight is 357 g/mol. The second kappa shape index (κ2) is 7.62. The zero-order valence-corrected chi connectivity index (χ0v) is 14.0. The lowest BCUT2D eigenvalue weighted by Crippen LogP contribution is -2.05. The molecule has 0 bridgehead atoms. The molecule has 0 aliphatic carbocycles. The highest BCUT2D eigenvalue weighted by Crippen LogP contribution is 2.36. The molecule has 0 amide bonds. The summed E-state index contributed by atoms with van der Waals surface area (Å²) < 4.78 is 45.0. The monoisotopic (exact) mass is 357 g/mol. The lowest BCUT2D eigenvalue weighted by atomic mass is 10.00. The smallest absolute Gasteiger partial charge is 0.416 e. The predicted octanol–water partition coefficient (Wildman–Crippen LogP) is 5.41. The summed E-state index contributed by atoms with van der Waals surface area (Å²) in [6, 6.07) is 20.1. The van der Waals surface area contributed by atoms with Crippen LogP contribution in [0.15, 0.2) is 72.8 Å². The van der Waals surface area contributed by atoms with Crippen molar-refractivity contribution >= 4 is 0 Å². The molecule has 0 atom stereocenters. The lowest BCUT2D eigenvalue weighted by molar-refractivity contribution is -0.137. The van der Waals surface area contributed by atoms with Crippen LogP contribution in [0.3, 0.4) is 0 Å². The van der Waals surface area contributed by atoms with Crippen LogP contribution in [0.5, 0.6) is 5.75 Å². The summed E-state index contributed by atoms with van der Waals surface area (Å²) in [4.78, 5) is 0. The second-order valence-corrected chi connectivity index (χ2v) is 5.89. The van der Waals surface area contributed by atoms with Gasteiger partial charge in [0.1, 0.15) is 12.4 Å². The molecule has 0 saturated carbocycles. The summed E-state index contributed by atoms with van der Waals surface area (Å²) in [6.45, 7) is 0.644. The maximum absolute atomic E-state index is 13.0. The number of hydrogen-bond donors (Lipinski definition) is 1. The van der Waals surface area contributed by atoms with Crippen molar-refractivity contribution in [2.24, 2.45) is 5.73 Å². The van der Waals surface area contributed by atoms with Gasteiger partial charge in [0, 0.05) is 12.1 Å². The first kappa shape index (κ1) is 18.0. The molecular formula is C21H18F3NO. The third-order valence-electron chi connectivity index (χ3n) is 4.02. The number of halogens is 3. The minimum Gasteiger partial charge on any atom is -0.488 e. The van der Waals surface area contributed by atoms with Gasteiger partial charge in [0.25, 0.3) is 0 Å². The quantitative estimate of drug-likeness (QED) is 0.663. The van der Waals surface area contributed by atoms with E-state index in [1.807, 2.05) is 30.3 Å². The molecule has 0 fully saturated rings. The van der Waals surface area contributed by atoms with Gasteiger partial charge in [-0.25, -0.2) is 0 Å². The molecule has 2 N–H and O–H groups in total. The van der Waals surface area contributed by atoms with E-state index in [1.54, 1.807) is 24.3 Å². The van der Waals surface area contributed by atoms with Crippen LogP contribution in [-0.2, 0) is 19.3 Å². The Labute approximate surface area is 150 Å². The highest BCUT2D eigenvalue weighted by molar-refractivity contribution is 5.71. The van der Waals surface area contributed by atoms with E-state index in [0.29, 0.717) is 30.0 Å². The van der Waals surface area contributed by atoms with Gasteiger partial charge in [-0.2, -0.15) is 13.2 Å². The molecule has 0 spiro atoms. The maximum Gasteiger partial charge on any atom is 0.416 e. The molecule has 0 saturated heterocycles. The summed E-state index contributed by atoms with van der Waals surface area (Å²) in [6.07, 6.45) is -4.39. The van der Waals surface area contributed by atoms with Gasteiger partial charge in [0.2, 0.25) is 0 Å². The highest BCUT2D eigenvalue weighted by Gasteiger charge is 2.30. The van der Waals surface area contributed by atoms with E-state index >= 15 is 0 Å². The molecule has 0 unspecified atom stereocenters. The Kier molecular flexibility index (Phi) is 5.28. The summed E-state index contributed by atoms with van der Waals surface area (Å²) in [7, 11) is 0. The van der Waals surface area contributed by atoms with Crippen LogP contribution in [0, 0.1) is 0 Å². The maximum atomic E-state index is 13.0. The van der Waals surface area contributed by atoms with Crippen molar-refractivity contribution < 1.29 is 17.9 Å². The Morgan fingerprint density at radius 3 is 2.27 bits per heavy atom. The van der Waals surface area contributed by atoms with Gasteiger partial charge < -0.3 is 10.5 Å². The molecule has 134 valence electrons. The first-order valence-corrected chi connectivity index (χ1v) is 8.15. The average Bonchev–Trinajstić information content (AvgIpc) is 2.66. The lowest BCUT2D eigenvalue weighted by Gasteiger charge is -2.15. The van der Waals surface area contributed by atoms with Crippen LogP contribution in [0.4, 0.5) is 13.2 Å². The van der Waals surface area contributed by atoms with Crippen molar-refractivity contribution in [2.45, 2.75) is 19.3 Å². The second-order valence-electron chi connectivity index (χ2n) is 5.89. The SMILES string of the molecule is NCc1ccc(-c2cccc(C(F)(F)F)c2)c(OCc2ccccc2)c1. The fraction of sp³-hybridized carbons (Fsp3) is 0.143. The van der Waals surface area contributed by atoms with E-state index in [4.69, 9.17) is 10.5 Å². The van der Waals surface area contributed by atoms with Crippen LogP contribution in [-0.4, -0.2) is 0 Å².